The summed E-state index contributed by atoms with van der Waals surface area (Å²) in [5.74, 6) is 0.533. The van der Waals surface area contributed by atoms with Crippen LogP contribution in [0.1, 0.15) is 31.7 Å². The standard InChI is InChI=1S/C17H22N2O2/c1-11-8-14-15(9-11)17(21)19(16(14)20)7-3-5-12-4-2-6-13(18)10-12/h2,4,6,10-11,14-15H,3,5,7-9,18H2,1H3. The number of anilines is 1. The van der Waals surface area contributed by atoms with Gasteiger partial charge >= 0.3 is 0 Å². The molecule has 1 aliphatic heterocycles. The van der Waals surface area contributed by atoms with Crippen LogP contribution in [-0.4, -0.2) is 23.3 Å². The van der Waals surface area contributed by atoms with Gasteiger partial charge in [0.1, 0.15) is 0 Å². The third-order valence-electron chi connectivity index (χ3n) is 4.76. The lowest BCUT2D eigenvalue weighted by atomic mass is 10.00. The maximum Gasteiger partial charge on any atom is 0.233 e. The molecule has 4 heteroatoms. The van der Waals surface area contributed by atoms with E-state index in [0.29, 0.717) is 12.5 Å². The fourth-order valence-corrected chi connectivity index (χ4v) is 3.76. The fraction of sp³-hybridized carbons (Fsp3) is 0.529. The topological polar surface area (TPSA) is 63.4 Å². The molecule has 2 aliphatic rings. The Morgan fingerprint density at radius 2 is 1.86 bits per heavy atom. The van der Waals surface area contributed by atoms with Crippen LogP contribution in [0.3, 0.4) is 0 Å². The smallest absolute Gasteiger partial charge is 0.233 e. The van der Waals surface area contributed by atoms with Gasteiger partial charge in [-0.25, -0.2) is 0 Å². The predicted molar refractivity (Wildman–Crippen MR) is 81.3 cm³/mol. The summed E-state index contributed by atoms with van der Waals surface area (Å²) in [5, 5.41) is 0. The summed E-state index contributed by atoms with van der Waals surface area (Å²) in [6.07, 6.45) is 3.39. The van der Waals surface area contributed by atoms with Crippen molar-refractivity contribution >= 4 is 17.5 Å². The molecule has 1 aliphatic carbocycles. The SMILES string of the molecule is CC1CC2C(=O)N(CCCc3cccc(N)c3)C(=O)C2C1. The Morgan fingerprint density at radius 3 is 2.48 bits per heavy atom. The van der Waals surface area contributed by atoms with Crippen molar-refractivity contribution in [3.63, 3.8) is 0 Å². The highest BCUT2D eigenvalue weighted by Crippen LogP contribution is 2.42. The normalized spacial score (nSPS) is 28.2. The van der Waals surface area contributed by atoms with E-state index in [4.69, 9.17) is 5.73 Å². The molecule has 21 heavy (non-hydrogen) atoms. The van der Waals surface area contributed by atoms with Crippen molar-refractivity contribution in [3.05, 3.63) is 29.8 Å². The number of nitrogens with two attached hydrogens (primary N) is 1. The Kier molecular flexibility index (Phi) is 3.70. The number of benzene rings is 1. The Labute approximate surface area is 125 Å². The number of fused-ring (bicyclic) bond motifs is 1. The summed E-state index contributed by atoms with van der Waals surface area (Å²) in [6.45, 7) is 2.66. The zero-order chi connectivity index (χ0) is 15.0. The van der Waals surface area contributed by atoms with Gasteiger partial charge in [0.05, 0.1) is 11.8 Å². The van der Waals surface area contributed by atoms with Crippen molar-refractivity contribution in [3.8, 4) is 0 Å². The van der Waals surface area contributed by atoms with Crippen molar-refractivity contribution in [2.75, 3.05) is 12.3 Å². The third-order valence-corrected chi connectivity index (χ3v) is 4.76. The van der Waals surface area contributed by atoms with E-state index >= 15 is 0 Å². The first-order valence-corrected chi connectivity index (χ1v) is 7.76. The number of nitrogen functional groups attached to an aromatic ring is 1. The molecule has 2 amide bonds. The van der Waals surface area contributed by atoms with Crippen LogP contribution in [0.4, 0.5) is 5.69 Å². The van der Waals surface area contributed by atoms with E-state index in [9.17, 15) is 9.59 Å². The van der Waals surface area contributed by atoms with Crippen LogP contribution in [0.5, 0.6) is 0 Å². The van der Waals surface area contributed by atoms with Gasteiger partial charge in [0.2, 0.25) is 11.8 Å². The molecule has 1 saturated heterocycles. The molecule has 1 saturated carbocycles. The zero-order valence-corrected chi connectivity index (χ0v) is 12.4. The molecule has 2 N–H and O–H groups in total. The number of hydrogen-bond acceptors (Lipinski definition) is 3. The number of nitrogens with zero attached hydrogens (tertiary/aromatic N) is 1. The van der Waals surface area contributed by atoms with E-state index in [1.165, 1.54) is 4.90 Å². The van der Waals surface area contributed by atoms with E-state index in [1.54, 1.807) is 0 Å². The van der Waals surface area contributed by atoms with Crippen LogP contribution < -0.4 is 5.73 Å². The van der Waals surface area contributed by atoms with Gasteiger partial charge in [-0.2, -0.15) is 0 Å². The molecule has 2 fully saturated rings. The molecule has 4 nitrogen and oxygen atoms in total. The van der Waals surface area contributed by atoms with Gasteiger partial charge in [-0.3, -0.25) is 14.5 Å². The molecule has 112 valence electrons. The maximum atomic E-state index is 12.3. The van der Waals surface area contributed by atoms with Gasteiger partial charge < -0.3 is 5.73 Å². The lowest BCUT2D eigenvalue weighted by molar-refractivity contribution is -0.140. The number of carbonyl (C=O) groups excluding carboxylic acids is 2. The van der Waals surface area contributed by atoms with Gasteiger partial charge in [-0.05, 0) is 49.3 Å². The van der Waals surface area contributed by atoms with Crippen molar-refractivity contribution in [2.24, 2.45) is 17.8 Å². The van der Waals surface area contributed by atoms with E-state index in [2.05, 4.69) is 6.92 Å². The highest BCUT2D eigenvalue weighted by molar-refractivity contribution is 6.05. The zero-order valence-electron chi connectivity index (χ0n) is 12.4. The lowest BCUT2D eigenvalue weighted by Crippen LogP contribution is -2.33. The van der Waals surface area contributed by atoms with Gasteiger partial charge in [-0.1, -0.05) is 19.1 Å². The van der Waals surface area contributed by atoms with Crippen molar-refractivity contribution in [1.82, 2.24) is 4.90 Å². The van der Waals surface area contributed by atoms with E-state index in [-0.39, 0.29) is 23.7 Å². The molecule has 0 bridgehead atoms. The highest BCUT2D eigenvalue weighted by atomic mass is 16.2. The minimum Gasteiger partial charge on any atom is -0.399 e. The first-order valence-electron chi connectivity index (χ1n) is 7.76. The molecule has 2 unspecified atom stereocenters. The average Bonchev–Trinajstić information content (AvgIpc) is 2.92. The van der Waals surface area contributed by atoms with E-state index in [0.717, 1.165) is 36.9 Å². The summed E-state index contributed by atoms with van der Waals surface area (Å²) in [6, 6.07) is 7.77. The molecule has 0 spiro atoms. The van der Waals surface area contributed by atoms with Gasteiger partial charge in [-0.15, -0.1) is 0 Å². The van der Waals surface area contributed by atoms with Gasteiger partial charge in [0, 0.05) is 12.2 Å². The first kappa shape index (κ1) is 14.1. The Hall–Kier alpha value is -1.84. The van der Waals surface area contributed by atoms with E-state index < -0.39 is 0 Å². The maximum absolute atomic E-state index is 12.3. The van der Waals surface area contributed by atoms with Crippen LogP contribution in [0.2, 0.25) is 0 Å². The van der Waals surface area contributed by atoms with Crippen LogP contribution in [-0.2, 0) is 16.0 Å². The van der Waals surface area contributed by atoms with Crippen molar-refractivity contribution < 1.29 is 9.59 Å². The second kappa shape index (κ2) is 5.51. The molecular formula is C17H22N2O2. The summed E-state index contributed by atoms with van der Waals surface area (Å²) in [4.78, 5) is 26.1. The van der Waals surface area contributed by atoms with E-state index in [1.807, 2.05) is 24.3 Å². The molecule has 1 aromatic carbocycles. The fourth-order valence-electron chi connectivity index (χ4n) is 3.76. The van der Waals surface area contributed by atoms with Gasteiger partial charge in [0.25, 0.3) is 0 Å². The number of rotatable bonds is 4. The van der Waals surface area contributed by atoms with Crippen LogP contribution in [0, 0.1) is 17.8 Å². The third kappa shape index (κ3) is 2.67. The number of hydrogen-bond donors (Lipinski definition) is 1. The molecule has 0 aromatic heterocycles. The Balaban J connectivity index is 1.57. The van der Waals surface area contributed by atoms with Crippen LogP contribution in [0.25, 0.3) is 0 Å². The van der Waals surface area contributed by atoms with Gasteiger partial charge in [0.15, 0.2) is 0 Å². The number of aryl methyl sites for hydroxylation is 1. The highest BCUT2D eigenvalue weighted by Gasteiger charge is 2.51. The summed E-state index contributed by atoms with van der Waals surface area (Å²) in [7, 11) is 0. The molecule has 2 atom stereocenters. The summed E-state index contributed by atoms with van der Waals surface area (Å²) < 4.78 is 0. The minimum atomic E-state index is -0.0418. The van der Waals surface area contributed by atoms with Crippen molar-refractivity contribution in [2.45, 2.75) is 32.6 Å². The number of carbonyl (C=O) groups is 2. The second-order valence-corrected chi connectivity index (χ2v) is 6.47. The van der Waals surface area contributed by atoms with Crippen molar-refractivity contribution in [1.29, 1.82) is 0 Å². The minimum absolute atomic E-state index is 0.0418. The van der Waals surface area contributed by atoms with Crippen LogP contribution in [0.15, 0.2) is 24.3 Å². The summed E-state index contributed by atoms with van der Waals surface area (Å²) in [5.41, 5.74) is 7.66. The number of amides is 2. The first-order chi connectivity index (χ1) is 10.1. The molecule has 0 radical (unpaired) electrons. The summed E-state index contributed by atoms with van der Waals surface area (Å²) >= 11 is 0. The molecule has 3 rings (SSSR count). The second-order valence-electron chi connectivity index (χ2n) is 6.47. The van der Waals surface area contributed by atoms with Crippen LogP contribution >= 0.6 is 0 Å². The monoisotopic (exact) mass is 286 g/mol. The largest absolute Gasteiger partial charge is 0.399 e. The quantitative estimate of drug-likeness (QED) is 0.682. The Morgan fingerprint density at radius 1 is 1.19 bits per heavy atom. The lowest BCUT2D eigenvalue weighted by Gasteiger charge is -2.16. The average molecular weight is 286 g/mol. The number of likely N-dealkylation sites (tertiary alicyclic amines) is 1. The predicted octanol–water partition coefficient (Wildman–Crippen LogP) is 2.23. The molecular weight excluding hydrogens is 264 g/mol. The molecule has 1 aromatic rings. The molecule has 1 heterocycles. The number of imide groups is 1. The Bertz CT molecular complexity index is 546.